The molecule has 94 valence electrons. The highest BCUT2D eigenvalue weighted by molar-refractivity contribution is 4.94. The van der Waals surface area contributed by atoms with Gasteiger partial charge in [-0.2, -0.15) is 0 Å². The Labute approximate surface area is 96.9 Å². The normalized spacial score (nSPS) is 44.6. The highest BCUT2D eigenvalue weighted by atomic mass is 16.8. The smallest absolute Gasteiger partial charge is 0.186 e. The van der Waals surface area contributed by atoms with Gasteiger partial charge in [-0.25, -0.2) is 0 Å². The van der Waals surface area contributed by atoms with Gasteiger partial charge in [-0.1, -0.05) is 13.8 Å². The van der Waals surface area contributed by atoms with Gasteiger partial charge in [0, 0.05) is 19.6 Å². The fourth-order valence-corrected chi connectivity index (χ4v) is 2.64. The van der Waals surface area contributed by atoms with Gasteiger partial charge in [0.15, 0.2) is 6.29 Å². The number of methoxy groups -OCH3 is 1. The molecule has 4 heteroatoms. The van der Waals surface area contributed by atoms with E-state index in [0.717, 1.165) is 12.8 Å². The monoisotopic (exact) mass is 230 g/mol. The summed E-state index contributed by atoms with van der Waals surface area (Å²) >= 11 is 0. The van der Waals surface area contributed by atoms with Gasteiger partial charge >= 0.3 is 0 Å². The van der Waals surface area contributed by atoms with Crippen LogP contribution in [0.5, 0.6) is 0 Å². The summed E-state index contributed by atoms with van der Waals surface area (Å²) in [6.07, 6.45) is 2.30. The third-order valence-electron chi connectivity index (χ3n) is 3.82. The van der Waals surface area contributed by atoms with Crippen molar-refractivity contribution < 1.29 is 19.3 Å². The van der Waals surface area contributed by atoms with Crippen molar-refractivity contribution in [2.45, 2.75) is 51.3 Å². The molecule has 0 aromatic rings. The van der Waals surface area contributed by atoms with Crippen molar-refractivity contribution in [2.75, 3.05) is 13.7 Å². The maximum atomic E-state index is 9.28. The average Bonchev–Trinajstić information content (AvgIpc) is 2.97. The summed E-state index contributed by atoms with van der Waals surface area (Å²) in [4.78, 5) is 0. The summed E-state index contributed by atoms with van der Waals surface area (Å²) in [7, 11) is 1.66. The van der Waals surface area contributed by atoms with Crippen LogP contribution in [0, 0.1) is 11.8 Å². The molecule has 0 aromatic heterocycles. The van der Waals surface area contributed by atoms with E-state index in [9.17, 15) is 5.11 Å². The molecule has 0 aromatic carbocycles. The van der Waals surface area contributed by atoms with Crippen LogP contribution in [0.1, 0.15) is 26.7 Å². The number of hydrogen-bond acceptors (Lipinski definition) is 4. The van der Waals surface area contributed by atoms with E-state index < -0.39 is 0 Å². The molecule has 2 fully saturated rings. The number of hydrogen-bond donors (Lipinski definition) is 1. The molecule has 4 nitrogen and oxygen atoms in total. The van der Waals surface area contributed by atoms with Crippen LogP contribution in [0.3, 0.4) is 0 Å². The van der Waals surface area contributed by atoms with Gasteiger partial charge in [-0.3, -0.25) is 0 Å². The molecule has 0 bridgehead atoms. The molecule has 1 N–H and O–H groups in total. The SMILES string of the molecule is CC[C@H](CO)[C@@H]1C[C@@H](C)[C@@H]([C@H]2O[C@H]2OC)O1. The Morgan fingerprint density at radius 2 is 2.12 bits per heavy atom. The molecular weight excluding hydrogens is 208 g/mol. The van der Waals surface area contributed by atoms with Crippen molar-refractivity contribution in [3.63, 3.8) is 0 Å². The van der Waals surface area contributed by atoms with Crippen LogP contribution in [0.2, 0.25) is 0 Å². The van der Waals surface area contributed by atoms with Crippen LogP contribution in [0.25, 0.3) is 0 Å². The molecule has 0 radical (unpaired) electrons. The summed E-state index contributed by atoms with van der Waals surface area (Å²) in [5.41, 5.74) is 0. The Kier molecular flexibility index (Phi) is 3.85. The molecule has 16 heavy (non-hydrogen) atoms. The summed E-state index contributed by atoms with van der Waals surface area (Å²) in [6, 6.07) is 0. The van der Waals surface area contributed by atoms with Crippen LogP contribution < -0.4 is 0 Å². The minimum absolute atomic E-state index is 0.0830. The minimum Gasteiger partial charge on any atom is -0.396 e. The Bertz CT molecular complexity index is 229. The van der Waals surface area contributed by atoms with Crippen molar-refractivity contribution in [1.82, 2.24) is 0 Å². The summed E-state index contributed by atoms with van der Waals surface area (Å²) in [5, 5.41) is 9.28. The highest BCUT2D eigenvalue weighted by Crippen LogP contribution is 2.40. The summed E-state index contributed by atoms with van der Waals surface area (Å²) in [5.74, 6) is 0.739. The first-order valence-electron chi connectivity index (χ1n) is 6.15. The third-order valence-corrected chi connectivity index (χ3v) is 3.82. The predicted molar refractivity (Wildman–Crippen MR) is 59.0 cm³/mol. The zero-order valence-electron chi connectivity index (χ0n) is 10.3. The van der Waals surface area contributed by atoms with E-state index in [1.165, 1.54) is 0 Å². The average molecular weight is 230 g/mol. The molecule has 2 aliphatic heterocycles. The largest absolute Gasteiger partial charge is 0.396 e. The van der Waals surface area contributed by atoms with Crippen molar-refractivity contribution in [3.05, 3.63) is 0 Å². The molecule has 0 spiro atoms. The molecule has 0 unspecified atom stereocenters. The molecule has 2 saturated heterocycles. The first kappa shape index (κ1) is 12.3. The lowest BCUT2D eigenvalue weighted by Crippen LogP contribution is -2.27. The molecule has 2 aliphatic rings. The van der Waals surface area contributed by atoms with Gasteiger partial charge in [0.1, 0.15) is 6.10 Å². The van der Waals surface area contributed by atoms with Crippen molar-refractivity contribution in [1.29, 1.82) is 0 Å². The van der Waals surface area contributed by atoms with Gasteiger partial charge in [-0.15, -0.1) is 0 Å². The van der Waals surface area contributed by atoms with E-state index in [4.69, 9.17) is 14.2 Å². The van der Waals surface area contributed by atoms with Gasteiger partial charge < -0.3 is 19.3 Å². The number of aliphatic hydroxyl groups excluding tert-OH is 1. The molecule has 2 rings (SSSR count). The van der Waals surface area contributed by atoms with Crippen molar-refractivity contribution in [2.24, 2.45) is 11.8 Å². The van der Waals surface area contributed by atoms with E-state index in [0.29, 0.717) is 5.92 Å². The van der Waals surface area contributed by atoms with Crippen LogP contribution in [0.15, 0.2) is 0 Å². The van der Waals surface area contributed by atoms with Gasteiger partial charge in [0.2, 0.25) is 0 Å². The standard InChI is InChI=1S/C12H22O4/c1-4-8(6-13)9-5-7(2)10(15-9)11-12(14-3)16-11/h7-13H,4-6H2,1-3H3/t7-,8-,9+,10+,11-,12-/m1/s1. The summed E-state index contributed by atoms with van der Waals surface area (Å²) < 4.78 is 16.5. The Hall–Kier alpha value is -0.160. The van der Waals surface area contributed by atoms with Gasteiger partial charge in [0.05, 0.1) is 12.2 Å². The van der Waals surface area contributed by atoms with Gasteiger partial charge in [0.25, 0.3) is 0 Å². The van der Waals surface area contributed by atoms with Crippen LogP contribution >= 0.6 is 0 Å². The molecule has 0 amide bonds. The minimum atomic E-state index is -0.0830. The molecular formula is C12H22O4. The molecule has 6 atom stereocenters. The van der Waals surface area contributed by atoms with E-state index in [2.05, 4.69) is 13.8 Å². The first-order chi connectivity index (χ1) is 7.71. The lowest BCUT2D eigenvalue weighted by molar-refractivity contribution is -0.0221. The Balaban J connectivity index is 1.89. The molecule has 2 heterocycles. The second kappa shape index (κ2) is 5.00. The lowest BCUT2D eigenvalue weighted by atomic mass is 9.93. The highest BCUT2D eigenvalue weighted by Gasteiger charge is 2.52. The van der Waals surface area contributed by atoms with E-state index in [-0.39, 0.29) is 37.1 Å². The molecule has 0 aliphatic carbocycles. The zero-order valence-corrected chi connectivity index (χ0v) is 10.3. The van der Waals surface area contributed by atoms with Crippen LogP contribution in [-0.4, -0.2) is 43.4 Å². The Morgan fingerprint density at radius 3 is 2.62 bits per heavy atom. The predicted octanol–water partition coefficient (Wildman–Crippen LogP) is 1.17. The quantitative estimate of drug-likeness (QED) is 0.720. The second-order valence-corrected chi connectivity index (χ2v) is 4.91. The van der Waals surface area contributed by atoms with Crippen LogP contribution in [-0.2, 0) is 14.2 Å². The molecule has 0 saturated carbocycles. The second-order valence-electron chi connectivity index (χ2n) is 4.91. The summed E-state index contributed by atoms with van der Waals surface area (Å²) in [6.45, 7) is 4.48. The fourth-order valence-electron chi connectivity index (χ4n) is 2.64. The Morgan fingerprint density at radius 1 is 1.38 bits per heavy atom. The number of ether oxygens (including phenoxy) is 3. The van der Waals surface area contributed by atoms with Gasteiger partial charge in [-0.05, 0) is 18.8 Å². The van der Waals surface area contributed by atoms with Crippen LogP contribution in [0.4, 0.5) is 0 Å². The first-order valence-corrected chi connectivity index (χ1v) is 6.15. The third kappa shape index (κ3) is 2.25. The van der Waals surface area contributed by atoms with E-state index >= 15 is 0 Å². The topological polar surface area (TPSA) is 51.2 Å². The zero-order chi connectivity index (χ0) is 11.7. The maximum absolute atomic E-state index is 9.28. The maximum Gasteiger partial charge on any atom is 0.186 e. The number of rotatable bonds is 5. The van der Waals surface area contributed by atoms with Crippen molar-refractivity contribution in [3.8, 4) is 0 Å². The lowest BCUT2D eigenvalue weighted by Gasteiger charge is -2.20. The van der Waals surface area contributed by atoms with E-state index in [1.807, 2.05) is 0 Å². The number of epoxide rings is 1. The fraction of sp³-hybridized carbons (Fsp3) is 1.00. The van der Waals surface area contributed by atoms with E-state index in [1.54, 1.807) is 7.11 Å². The number of aliphatic hydroxyl groups is 1. The van der Waals surface area contributed by atoms with Crippen molar-refractivity contribution >= 4 is 0 Å².